The van der Waals surface area contributed by atoms with Crippen LogP contribution in [0.1, 0.15) is 38.5 Å². The Kier molecular flexibility index (Phi) is 3.62. The summed E-state index contributed by atoms with van der Waals surface area (Å²) in [4.78, 5) is 25.4. The van der Waals surface area contributed by atoms with E-state index in [4.69, 9.17) is 5.73 Å². The minimum Gasteiger partial charge on any atom is -0.384 e. The van der Waals surface area contributed by atoms with Crippen LogP contribution < -0.4 is 10.6 Å². The summed E-state index contributed by atoms with van der Waals surface area (Å²) in [7, 11) is 0. The van der Waals surface area contributed by atoms with Crippen molar-refractivity contribution >= 4 is 17.7 Å². The molecule has 0 bridgehead atoms. The van der Waals surface area contributed by atoms with Crippen LogP contribution in [0.25, 0.3) is 0 Å². The van der Waals surface area contributed by atoms with Gasteiger partial charge in [0, 0.05) is 44.2 Å². The van der Waals surface area contributed by atoms with Crippen molar-refractivity contribution in [2.45, 2.75) is 38.5 Å². The predicted octanol–water partition coefficient (Wildman–Crippen LogP) is 1.68. The summed E-state index contributed by atoms with van der Waals surface area (Å²) < 4.78 is 0. The lowest BCUT2D eigenvalue weighted by molar-refractivity contribution is -0.138. The summed E-state index contributed by atoms with van der Waals surface area (Å²) >= 11 is 0. The molecule has 0 unspecified atom stereocenters. The molecule has 2 saturated heterocycles. The number of hydrogen-bond acceptors (Lipinski definition) is 5. The van der Waals surface area contributed by atoms with E-state index in [0.29, 0.717) is 18.1 Å². The third kappa shape index (κ3) is 3.12. The van der Waals surface area contributed by atoms with Crippen molar-refractivity contribution in [2.75, 3.05) is 36.8 Å². The van der Waals surface area contributed by atoms with E-state index in [1.54, 1.807) is 12.3 Å². The Balaban J connectivity index is 1.49. The highest BCUT2D eigenvalue weighted by Crippen LogP contribution is 2.41. The first kappa shape index (κ1) is 14.7. The molecule has 3 heterocycles. The second-order valence-corrected chi connectivity index (χ2v) is 7.52. The van der Waals surface area contributed by atoms with Gasteiger partial charge in [0.1, 0.15) is 5.82 Å². The highest BCUT2D eigenvalue weighted by atomic mass is 16.2. The molecule has 1 amide bonds. The van der Waals surface area contributed by atoms with Crippen LogP contribution in [-0.2, 0) is 4.79 Å². The molecule has 1 atom stereocenters. The number of anilines is 2. The number of rotatable bonds is 3. The predicted molar refractivity (Wildman–Crippen MR) is 88.9 cm³/mol. The van der Waals surface area contributed by atoms with E-state index >= 15 is 0 Å². The van der Waals surface area contributed by atoms with Gasteiger partial charge in [0.2, 0.25) is 11.9 Å². The highest BCUT2D eigenvalue weighted by Gasteiger charge is 2.43. The number of nitrogen functional groups attached to an aromatic ring is 1. The molecule has 3 fully saturated rings. The quantitative estimate of drug-likeness (QED) is 0.918. The van der Waals surface area contributed by atoms with Gasteiger partial charge in [-0.2, -0.15) is 4.98 Å². The Morgan fingerprint density at radius 3 is 2.96 bits per heavy atom. The molecule has 2 aliphatic heterocycles. The van der Waals surface area contributed by atoms with Crippen molar-refractivity contribution in [1.29, 1.82) is 0 Å². The van der Waals surface area contributed by atoms with Crippen molar-refractivity contribution in [3.63, 3.8) is 0 Å². The molecule has 0 aromatic carbocycles. The molecule has 4 rings (SSSR count). The van der Waals surface area contributed by atoms with Gasteiger partial charge in [-0.25, -0.2) is 4.98 Å². The molecule has 1 aromatic heterocycles. The van der Waals surface area contributed by atoms with Crippen LogP contribution in [0.4, 0.5) is 11.8 Å². The number of piperidine rings is 2. The van der Waals surface area contributed by atoms with Crippen LogP contribution in [0.2, 0.25) is 0 Å². The number of nitrogens with zero attached hydrogens (tertiary/aromatic N) is 4. The lowest BCUT2D eigenvalue weighted by Gasteiger charge is -2.48. The third-order valence-electron chi connectivity index (χ3n) is 5.53. The molecule has 124 valence electrons. The zero-order valence-electron chi connectivity index (χ0n) is 13.6. The lowest BCUT2D eigenvalue weighted by Crippen LogP contribution is -2.54. The number of likely N-dealkylation sites (tertiary alicyclic amines) is 1. The van der Waals surface area contributed by atoms with Gasteiger partial charge >= 0.3 is 0 Å². The van der Waals surface area contributed by atoms with Gasteiger partial charge in [-0.15, -0.1) is 0 Å². The summed E-state index contributed by atoms with van der Waals surface area (Å²) in [5.74, 6) is 2.35. The van der Waals surface area contributed by atoms with Crippen LogP contribution in [-0.4, -0.2) is 47.0 Å². The molecule has 3 aliphatic rings. The first-order valence-electron chi connectivity index (χ1n) is 8.75. The van der Waals surface area contributed by atoms with Crippen molar-refractivity contribution in [1.82, 2.24) is 14.9 Å². The van der Waals surface area contributed by atoms with Crippen LogP contribution in [0.3, 0.4) is 0 Å². The van der Waals surface area contributed by atoms with Crippen LogP contribution in [0.5, 0.6) is 0 Å². The molecule has 1 spiro atoms. The first-order chi connectivity index (χ1) is 11.1. The number of carbonyl (C=O) groups is 1. The molecule has 1 saturated carbocycles. The van der Waals surface area contributed by atoms with Crippen LogP contribution in [0.15, 0.2) is 12.3 Å². The number of hydrogen-bond donors (Lipinski definition) is 1. The van der Waals surface area contributed by atoms with E-state index in [9.17, 15) is 4.79 Å². The summed E-state index contributed by atoms with van der Waals surface area (Å²) in [6.45, 7) is 3.78. The van der Waals surface area contributed by atoms with E-state index in [1.165, 1.54) is 19.3 Å². The topological polar surface area (TPSA) is 75.3 Å². The van der Waals surface area contributed by atoms with Crippen LogP contribution in [0, 0.1) is 11.3 Å². The Morgan fingerprint density at radius 1 is 1.30 bits per heavy atom. The third-order valence-corrected chi connectivity index (χ3v) is 5.53. The number of carbonyl (C=O) groups excluding carboxylic acids is 1. The number of nitrogens with two attached hydrogens (primary N) is 1. The molecule has 6 heteroatoms. The Hall–Kier alpha value is -1.85. The SMILES string of the molecule is Nc1ccnc(N2CCC[C@]3(CCC(=O)N(CC4CC4)C3)C2)n1. The highest BCUT2D eigenvalue weighted by molar-refractivity contribution is 5.77. The van der Waals surface area contributed by atoms with Gasteiger partial charge in [0.25, 0.3) is 0 Å². The van der Waals surface area contributed by atoms with Crippen molar-refractivity contribution < 1.29 is 4.79 Å². The van der Waals surface area contributed by atoms with E-state index in [0.717, 1.165) is 50.9 Å². The largest absolute Gasteiger partial charge is 0.384 e. The van der Waals surface area contributed by atoms with E-state index < -0.39 is 0 Å². The average molecular weight is 315 g/mol. The summed E-state index contributed by atoms with van der Waals surface area (Å²) in [5, 5.41) is 0. The molecule has 6 nitrogen and oxygen atoms in total. The van der Waals surface area contributed by atoms with Gasteiger partial charge in [0.15, 0.2) is 0 Å². The van der Waals surface area contributed by atoms with Gasteiger partial charge in [-0.1, -0.05) is 0 Å². The van der Waals surface area contributed by atoms with Crippen molar-refractivity contribution in [3.8, 4) is 0 Å². The maximum Gasteiger partial charge on any atom is 0.227 e. The fourth-order valence-corrected chi connectivity index (χ4v) is 4.11. The van der Waals surface area contributed by atoms with Crippen LogP contribution >= 0.6 is 0 Å². The summed E-state index contributed by atoms with van der Waals surface area (Å²) in [6.07, 6.45) is 8.32. The minimum absolute atomic E-state index is 0.203. The fraction of sp³-hybridized carbons (Fsp3) is 0.706. The summed E-state index contributed by atoms with van der Waals surface area (Å²) in [5.41, 5.74) is 6.01. The monoisotopic (exact) mass is 315 g/mol. The second kappa shape index (κ2) is 5.65. The van der Waals surface area contributed by atoms with Crippen molar-refractivity contribution in [3.05, 3.63) is 12.3 Å². The fourth-order valence-electron chi connectivity index (χ4n) is 4.11. The maximum atomic E-state index is 12.3. The Morgan fingerprint density at radius 2 is 2.17 bits per heavy atom. The van der Waals surface area contributed by atoms with Gasteiger partial charge in [0.05, 0.1) is 0 Å². The van der Waals surface area contributed by atoms with E-state index in [2.05, 4.69) is 19.8 Å². The van der Waals surface area contributed by atoms with E-state index in [1.807, 2.05) is 0 Å². The molecule has 0 radical (unpaired) electrons. The van der Waals surface area contributed by atoms with Crippen molar-refractivity contribution in [2.24, 2.45) is 11.3 Å². The number of amides is 1. The minimum atomic E-state index is 0.203. The molecule has 23 heavy (non-hydrogen) atoms. The zero-order chi connectivity index (χ0) is 15.9. The van der Waals surface area contributed by atoms with Gasteiger partial charge in [-0.05, 0) is 44.1 Å². The standard InChI is InChI=1S/C17H25N5O/c18-14-5-8-19-16(20-14)21-9-1-6-17(11-21)7-4-15(23)22(12-17)10-13-2-3-13/h5,8,13H,1-4,6-7,9-12H2,(H2,18,19,20)/t17-/m0/s1. The van der Waals surface area contributed by atoms with E-state index in [-0.39, 0.29) is 5.41 Å². The van der Waals surface area contributed by atoms with Gasteiger partial charge in [-0.3, -0.25) is 4.79 Å². The molecule has 1 aromatic rings. The second-order valence-electron chi connectivity index (χ2n) is 7.52. The summed E-state index contributed by atoms with van der Waals surface area (Å²) in [6, 6.07) is 1.72. The smallest absolute Gasteiger partial charge is 0.227 e. The molecular formula is C17H25N5O. The molecule has 2 N–H and O–H groups in total. The molecular weight excluding hydrogens is 290 g/mol. The normalized spacial score (nSPS) is 28.4. The van der Waals surface area contributed by atoms with Gasteiger partial charge < -0.3 is 15.5 Å². The average Bonchev–Trinajstić information content (AvgIpc) is 3.36. The first-order valence-corrected chi connectivity index (χ1v) is 8.75. The Labute approximate surface area is 137 Å². The zero-order valence-corrected chi connectivity index (χ0v) is 13.6. The Bertz CT molecular complexity index is 602. The lowest BCUT2D eigenvalue weighted by atomic mass is 9.73. The molecule has 1 aliphatic carbocycles. The number of aromatic nitrogens is 2. The maximum absolute atomic E-state index is 12.3.